The lowest BCUT2D eigenvalue weighted by atomic mass is 9.71. The third kappa shape index (κ3) is 3.61. The molecule has 1 aliphatic carbocycles. The first kappa shape index (κ1) is 12.0. The number of hydrogen-bond donors (Lipinski definition) is 1. The van der Waals surface area contributed by atoms with Crippen molar-refractivity contribution < 1.29 is 0 Å². The Balaban J connectivity index is 2.29. The van der Waals surface area contributed by atoms with Crippen molar-refractivity contribution in [3.05, 3.63) is 0 Å². The number of nitrogens with two attached hydrogens (primary N) is 1. The number of hydrogen-bond acceptors (Lipinski definition) is 1. The lowest BCUT2D eigenvalue weighted by Gasteiger charge is -2.35. The lowest BCUT2D eigenvalue weighted by Crippen LogP contribution is -2.28. The zero-order valence-electron chi connectivity index (χ0n) is 10.3. The highest BCUT2D eigenvalue weighted by Crippen LogP contribution is 2.40. The van der Waals surface area contributed by atoms with Crippen LogP contribution in [0.15, 0.2) is 0 Å². The van der Waals surface area contributed by atoms with E-state index in [2.05, 4.69) is 27.7 Å². The molecular weight excluding hydrogens is 170 g/mol. The third-order valence-corrected chi connectivity index (χ3v) is 4.06. The summed E-state index contributed by atoms with van der Waals surface area (Å²) in [6.07, 6.45) is 6.99. The maximum atomic E-state index is 5.91. The first-order valence-corrected chi connectivity index (χ1v) is 6.16. The molecule has 1 heteroatoms. The smallest absolute Gasteiger partial charge is 0.00362 e. The molecule has 0 bridgehead atoms. The Hall–Kier alpha value is -0.0400. The van der Waals surface area contributed by atoms with Crippen molar-refractivity contribution >= 4 is 0 Å². The monoisotopic (exact) mass is 197 g/mol. The Bertz CT molecular complexity index is 162. The van der Waals surface area contributed by atoms with Crippen LogP contribution in [0.25, 0.3) is 0 Å². The van der Waals surface area contributed by atoms with Gasteiger partial charge >= 0.3 is 0 Å². The second-order valence-electron chi connectivity index (χ2n) is 6.18. The van der Waals surface area contributed by atoms with E-state index in [1.807, 2.05) is 0 Å². The van der Waals surface area contributed by atoms with E-state index >= 15 is 0 Å². The van der Waals surface area contributed by atoms with Crippen molar-refractivity contribution in [2.24, 2.45) is 23.0 Å². The summed E-state index contributed by atoms with van der Waals surface area (Å²) in [5.41, 5.74) is 6.51. The topological polar surface area (TPSA) is 26.0 Å². The van der Waals surface area contributed by atoms with Gasteiger partial charge in [-0.15, -0.1) is 0 Å². The fraction of sp³-hybridized carbons (Fsp3) is 1.00. The fourth-order valence-electron chi connectivity index (χ4n) is 2.44. The summed E-state index contributed by atoms with van der Waals surface area (Å²) in [5.74, 6) is 1.64. The van der Waals surface area contributed by atoms with Crippen molar-refractivity contribution in [2.75, 3.05) is 0 Å². The minimum atomic E-state index is 0.366. The summed E-state index contributed by atoms with van der Waals surface area (Å²) >= 11 is 0. The molecular formula is C13H27N. The van der Waals surface area contributed by atoms with E-state index in [9.17, 15) is 0 Å². The van der Waals surface area contributed by atoms with Crippen LogP contribution in [0.3, 0.4) is 0 Å². The predicted molar refractivity (Wildman–Crippen MR) is 63.2 cm³/mol. The molecule has 0 aliphatic heterocycles. The van der Waals surface area contributed by atoms with E-state index < -0.39 is 0 Å². The normalized spacial score (nSPS) is 27.2. The van der Waals surface area contributed by atoms with Crippen molar-refractivity contribution in [3.8, 4) is 0 Å². The third-order valence-electron chi connectivity index (χ3n) is 4.06. The second kappa shape index (κ2) is 4.65. The molecule has 0 saturated heterocycles. The van der Waals surface area contributed by atoms with E-state index in [4.69, 9.17) is 5.73 Å². The van der Waals surface area contributed by atoms with Gasteiger partial charge in [0.25, 0.3) is 0 Å². The van der Waals surface area contributed by atoms with Crippen molar-refractivity contribution in [2.45, 2.75) is 65.8 Å². The summed E-state index contributed by atoms with van der Waals surface area (Å²) < 4.78 is 0. The SMILES string of the molecule is CC(N)C(C)CC1CCC(C)(C)CC1. The molecule has 0 aromatic carbocycles. The van der Waals surface area contributed by atoms with E-state index in [1.165, 1.54) is 32.1 Å². The largest absolute Gasteiger partial charge is 0.328 e. The van der Waals surface area contributed by atoms with Crippen LogP contribution in [-0.4, -0.2) is 6.04 Å². The molecule has 84 valence electrons. The highest BCUT2D eigenvalue weighted by Gasteiger charge is 2.27. The molecule has 0 aromatic heterocycles. The Labute approximate surface area is 89.5 Å². The van der Waals surface area contributed by atoms with Gasteiger partial charge in [0.2, 0.25) is 0 Å². The summed E-state index contributed by atoms with van der Waals surface area (Å²) in [4.78, 5) is 0. The highest BCUT2D eigenvalue weighted by atomic mass is 14.6. The first-order valence-electron chi connectivity index (χ1n) is 6.16. The summed E-state index contributed by atoms with van der Waals surface area (Å²) in [6.45, 7) is 9.23. The Morgan fingerprint density at radius 2 is 1.71 bits per heavy atom. The van der Waals surface area contributed by atoms with Crippen LogP contribution in [-0.2, 0) is 0 Å². The van der Waals surface area contributed by atoms with Gasteiger partial charge in [0.15, 0.2) is 0 Å². The molecule has 2 atom stereocenters. The Morgan fingerprint density at radius 1 is 1.21 bits per heavy atom. The fourth-order valence-corrected chi connectivity index (χ4v) is 2.44. The van der Waals surface area contributed by atoms with E-state index in [1.54, 1.807) is 0 Å². The van der Waals surface area contributed by atoms with Crippen molar-refractivity contribution in [1.29, 1.82) is 0 Å². The average molecular weight is 197 g/mol. The van der Waals surface area contributed by atoms with Gasteiger partial charge in [-0.3, -0.25) is 0 Å². The van der Waals surface area contributed by atoms with Crippen LogP contribution >= 0.6 is 0 Å². The molecule has 1 fully saturated rings. The van der Waals surface area contributed by atoms with Gasteiger partial charge in [0.05, 0.1) is 0 Å². The van der Waals surface area contributed by atoms with E-state index in [0.717, 1.165) is 5.92 Å². The van der Waals surface area contributed by atoms with Crippen LogP contribution in [0.1, 0.15) is 59.8 Å². The molecule has 0 spiro atoms. The summed E-state index contributed by atoms with van der Waals surface area (Å²) in [7, 11) is 0. The minimum absolute atomic E-state index is 0.366. The van der Waals surface area contributed by atoms with E-state index in [-0.39, 0.29) is 0 Å². The minimum Gasteiger partial charge on any atom is -0.328 e. The van der Waals surface area contributed by atoms with Crippen LogP contribution in [0.5, 0.6) is 0 Å². The second-order valence-corrected chi connectivity index (χ2v) is 6.18. The van der Waals surface area contributed by atoms with Crippen LogP contribution in [0.2, 0.25) is 0 Å². The molecule has 1 nitrogen and oxygen atoms in total. The van der Waals surface area contributed by atoms with Gasteiger partial charge in [0.1, 0.15) is 0 Å². The molecule has 0 aromatic rings. The van der Waals surface area contributed by atoms with Crippen LogP contribution in [0.4, 0.5) is 0 Å². The van der Waals surface area contributed by atoms with Crippen molar-refractivity contribution in [1.82, 2.24) is 0 Å². The van der Waals surface area contributed by atoms with Crippen LogP contribution in [0, 0.1) is 17.3 Å². The molecule has 1 aliphatic rings. The lowest BCUT2D eigenvalue weighted by molar-refractivity contribution is 0.169. The van der Waals surface area contributed by atoms with Crippen molar-refractivity contribution in [3.63, 3.8) is 0 Å². The van der Waals surface area contributed by atoms with Gasteiger partial charge in [0, 0.05) is 6.04 Å². The van der Waals surface area contributed by atoms with Gasteiger partial charge in [-0.1, -0.05) is 20.8 Å². The quantitative estimate of drug-likeness (QED) is 0.735. The van der Waals surface area contributed by atoms with Gasteiger partial charge in [-0.05, 0) is 56.3 Å². The van der Waals surface area contributed by atoms with E-state index in [0.29, 0.717) is 17.4 Å². The molecule has 14 heavy (non-hydrogen) atoms. The molecule has 1 saturated carbocycles. The Kier molecular flexibility index (Phi) is 4.00. The zero-order valence-corrected chi connectivity index (χ0v) is 10.3. The average Bonchev–Trinajstić information content (AvgIpc) is 2.08. The standard InChI is InChI=1S/C13H27N/c1-10(11(2)14)9-12-5-7-13(3,4)8-6-12/h10-12H,5-9,14H2,1-4H3. The molecule has 2 unspecified atom stereocenters. The van der Waals surface area contributed by atoms with Gasteiger partial charge in [-0.2, -0.15) is 0 Å². The van der Waals surface area contributed by atoms with Gasteiger partial charge in [-0.25, -0.2) is 0 Å². The summed E-state index contributed by atoms with van der Waals surface area (Å²) in [5, 5.41) is 0. The molecule has 0 radical (unpaired) electrons. The highest BCUT2D eigenvalue weighted by molar-refractivity contribution is 4.80. The molecule has 0 heterocycles. The number of rotatable bonds is 3. The summed E-state index contributed by atoms with van der Waals surface area (Å²) in [6, 6.07) is 0.366. The van der Waals surface area contributed by atoms with Gasteiger partial charge < -0.3 is 5.73 Å². The maximum absolute atomic E-state index is 5.91. The molecule has 1 rings (SSSR count). The predicted octanol–water partition coefficient (Wildman–Crippen LogP) is 3.58. The van der Waals surface area contributed by atoms with Crippen LogP contribution < -0.4 is 5.73 Å². The first-order chi connectivity index (χ1) is 6.41. The molecule has 2 N–H and O–H groups in total. The maximum Gasteiger partial charge on any atom is 0.00362 e. The zero-order chi connectivity index (χ0) is 10.8. The molecule has 0 amide bonds. The Morgan fingerprint density at radius 3 is 2.14 bits per heavy atom.